The van der Waals surface area contributed by atoms with Gasteiger partial charge in [0, 0.05) is 21.5 Å². The molecule has 1 aliphatic rings. The molecule has 4 nitrogen and oxygen atoms in total. The van der Waals surface area contributed by atoms with Gasteiger partial charge in [0.15, 0.2) is 0 Å². The molecule has 2 rings (SSSR count). The van der Waals surface area contributed by atoms with E-state index in [4.69, 9.17) is 10.8 Å². The second-order valence-corrected chi connectivity index (χ2v) is 4.78. The summed E-state index contributed by atoms with van der Waals surface area (Å²) in [7, 11) is 0. The Kier molecular flexibility index (Phi) is 3.02. The number of hydrogen-bond acceptors (Lipinski definition) is 3. The molecular weight excluding hydrogens is 284 g/mol. The van der Waals surface area contributed by atoms with Gasteiger partial charge in [-0.1, -0.05) is 22.9 Å². The maximum absolute atomic E-state index is 11.2. The number of carbonyl (C=O) groups is 1. The molecule has 0 bridgehead atoms. The van der Waals surface area contributed by atoms with Crippen molar-refractivity contribution in [2.75, 3.05) is 0 Å². The summed E-state index contributed by atoms with van der Waals surface area (Å²) in [6.07, 6.45) is 1.62. The molecule has 0 aliphatic carbocycles. The first kappa shape index (κ1) is 11.9. The van der Waals surface area contributed by atoms with E-state index in [2.05, 4.69) is 20.9 Å². The lowest BCUT2D eigenvalue weighted by molar-refractivity contribution is -0.132. The van der Waals surface area contributed by atoms with Gasteiger partial charge in [-0.05, 0) is 24.3 Å². The predicted octanol–water partition coefficient (Wildman–Crippen LogP) is 2.56. The van der Waals surface area contributed by atoms with Crippen LogP contribution < -0.4 is 5.73 Å². The summed E-state index contributed by atoms with van der Waals surface area (Å²) in [6, 6.07) is 5.48. The van der Waals surface area contributed by atoms with Crippen LogP contribution in [0.2, 0.25) is 0 Å². The molecule has 17 heavy (non-hydrogen) atoms. The van der Waals surface area contributed by atoms with Crippen LogP contribution in [0, 0.1) is 5.92 Å². The average molecular weight is 295 g/mol. The Balaban J connectivity index is 2.67. The van der Waals surface area contributed by atoms with Crippen LogP contribution in [0.4, 0.5) is 5.69 Å². The molecule has 1 aromatic carbocycles. The second kappa shape index (κ2) is 4.33. The zero-order chi connectivity index (χ0) is 12.6. The standard InChI is InChI=1S/C12H11BrN2O2/c1-6-9(12(16)17)5-7-4-8(13)2-3-10(7)15-11(6)14/h2-6H,1H3,(H2,14,15)(H,16,17). The number of amidine groups is 1. The molecule has 5 heteroatoms. The van der Waals surface area contributed by atoms with Crippen LogP contribution in [0.1, 0.15) is 12.5 Å². The number of carboxylic acids is 1. The number of hydrogen-bond donors (Lipinski definition) is 2. The van der Waals surface area contributed by atoms with Crippen molar-refractivity contribution in [2.24, 2.45) is 16.6 Å². The fraction of sp³-hybridized carbons (Fsp3) is 0.167. The minimum absolute atomic E-state index is 0.253. The summed E-state index contributed by atoms with van der Waals surface area (Å²) in [5.74, 6) is -1.04. The molecule has 0 fully saturated rings. The summed E-state index contributed by atoms with van der Waals surface area (Å²) >= 11 is 3.35. The smallest absolute Gasteiger partial charge is 0.332 e. The molecule has 0 saturated heterocycles. The Morgan fingerprint density at radius 1 is 1.53 bits per heavy atom. The quantitative estimate of drug-likeness (QED) is 0.836. The van der Waals surface area contributed by atoms with Gasteiger partial charge in [0.05, 0.1) is 5.69 Å². The van der Waals surface area contributed by atoms with Crippen molar-refractivity contribution in [3.8, 4) is 0 Å². The molecule has 0 saturated carbocycles. The number of carboxylic acid groups (broad SMARTS) is 1. The van der Waals surface area contributed by atoms with Gasteiger partial charge in [-0.2, -0.15) is 0 Å². The highest BCUT2D eigenvalue weighted by atomic mass is 79.9. The Morgan fingerprint density at radius 2 is 2.24 bits per heavy atom. The molecule has 0 amide bonds. The molecular formula is C12H11BrN2O2. The van der Waals surface area contributed by atoms with Crippen molar-refractivity contribution >= 4 is 39.5 Å². The van der Waals surface area contributed by atoms with E-state index in [1.54, 1.807) is 19.1 Å². The van der Waals surface area contributed by atoms with Crippen molar-refractivity contribution in [1.82, 2.24) is 0 Å². The van der Waals surface area contributed by atoms with Crippen LogP contribution >= 0.6 is 15.9 Å². The van der Waals surface area contributed by atoms with Crippen molar-refractivity contribution in [3.05, 3.63) is 33.8 Å². The fourth-order valence-electron chi connectivity index (χ4n) is 1.68. The van der Waals surface area contributed by atoms with Gasteiger partial charge in [0.1, 0.15) is 5.84 Å². The highest BCUT2D eigenvalue weighted by Gasteiger charge is 2.22. The maximum atomic E-state index is 11.2. The van der Waals surface area contributed by atoms with Crippen molar-refractivity contribution in [2.45, 2.75) is 6.92 Å². The number of aliphatic imine (C=N–C) groups is 1. The maximum Gasteiger partial charge on any atom is 0.332 e. The monoisotopic (exact) mass is 294 g/mol. The van der Waals surface area contributed by atoms with E-state index < -0.39 is 11.9 Å². The number of rotatable bonds is 1. The summed E-state index contributed by atoms with van der Waals surface area (Å²) in [6.45, 7) is 1.74. The van der Waals surface area contributed by atoms with E-state index in [0.29, 0.717) is 11.5 Å². The number of fused-ring (bicyclic) bond motifs is 1. The van der Waals surface area contributed by atoms with Crippen molar-refractivity contribution in [1.29, 1.82) is 0 Å². The topological polar surface area (TPSA) is 75.7 Å². The highest BCUT2D eigenvalue weighted by molar-refractivity contribution is 9.10. The molecule has 3 N–H and O–H groups in total. The molecule has 0 aromatic heterocycles. The van der Waals surface area contributed by atoms with Crippen molar-refractivity contribution < 1.29 is 9.90 Å². The molecule has 1 atom stereocenters. The van der Waals surface area contributed by atoms with E-state index in [1.165, 1.54) is 0 Å². The predicted molar refractivity (Wildman–Crippen MR) is 70.2 cm³/mol. The van der Waals surface area contributed by atoms with Crippen LogP contribution in [0.25, 0.3) is 6.08 Å². The normalized spacial score (nSPS) is 18.8. The van der Waals surface area contributed by atoms with Gasteiger partial charge in [-0.15, -0.1) is 0 Å². The SMILES string of the molecule is CC1C(C(=O)O)=Cc2cc(Br)ccc2N=C1N. The number of benzene rings is 1. The van der Waals surface area contributed by atoms with Gasteiger partial charge in [0.2, 0.25) is 0 Å². The molecule has 0 spiro atoms. The van der Waals surface area contributed by atoms with Crippen LogP contribution in [0.5, 0.6) is 0 Å². The van der Waals surface area contributed by atoms with E-state index in [9.17, 15) is 4.79 Å². The minimum Gasteiger partial charge on any atom is -0.478 e. The lowest BCUT2D eigenvalue weighted by Gasteiger charge is -2.09. The Hall–Kier alpha value is -1.62. The number of halogens is 1. The van der Waals surface area contributed by atoms with E-state index in [0.717, 1.165) is 10.0 Å². The van der Waals surface area contributed by atoms with Crippen LogP contribution in [0.15, 0.2) is 33.2 Å². The Bertz CT molecular complexity index is 549. The van der Waals surface area contributed by atoms with Gasteiger partial charge < -0.3 is 10.8 Å². The Morgan fingerprint density at radius 3 is 2.88 bits per heavy atom. The van der Waals surface area contributed by atoms with Gasteiger partial charge in [-0.3, -0.25) is 0 Å². The molecule has 1 unspecified atom stereocenters. The molecule has 88 valence electrons. The van der Waals surface area contributed by atoms with E-state index in [-0.39, 0.29) is 5.57 Å². The zero-order valence-electron chi connectivity index (χ0n) is 9.14. The second-order valence-electron chi connectivity index (χ2n) is 3.87. The zero-order valence-corrected chi connectivity index (χ0v) is 10.7. The lowest BCUT2D eigenvalue weighted by atomic mass is 9.98. The summed E-state index contributed by atoms with van der Waals surface area (Å²) < 4.78 is 0.876. The third kappa shape index (κ3) is 2.24. The van der Waals surface area contributed by atoms with Crippen LogP contribution in [0.3, 0.4) is 0 Å². The number of nitrogens with two attached hydrogens (primary N) is 1. The molecule has 1 aliphatic heterocycles. The van der Waals surface area contributed by atoms with E-state index in [1.807, 2.05) is 12.1 Å². The average Bonchev–Trinajstić information content (AvgIpc) is 2.38. The first-order chi connectivity index (χ1) is 7.99. The largest absolute Gasteiger partial charge is 0.478 e. The number of aliphatic carboxylic acids is 1. The number of nitrogens with zero attached hydrogens (tertiary/aromatic N) is 1. The lowest BCUT2D eigenvalue weighted by Crippen LogP contribution is -2.25. The summed E-state index contributed by atoms with van der Waals surface area (Å²) in [5.41, 5.74) is 7.49. The summed E-state index contributed by atoms with van der Waals surface area (Å²) in [4.78, 5) is 15.4. The third-order valence-corrected chi connectivity index (χ3v) is 3.20. The first-order valence-electron chi connectivity index (χ1n) is 5.07. The minimum atomic E-state index is -0.969. The van der Waals surface area contributed by atoms with E-state index >= 15 is 0 Å². The van der Waals surface area contributed by atoms with Crippen LogP contribution in [-0.4, -0.2) is 16.9 Å². The van der Waals surface area contributed by atoms with Gasteiger partial charge >= 0.3 is 5.97 Å². The third-order valence-electron chi connectivity index (χ3n) is 2.71. The molecule has 0 radical (unpaired) electrons. The Labute approximate surface area is 107 Å². The summed E-state index contributed by atoms with van der Waals surface area (Å²) in [5, 5.41) is 9.16. The fourth-order valence-corrected chi connectivity index (χ4v) is 2.06. The molecule has 1 aromatic rings. The van der Waals surface area contributed by atoms with Gasteiger partial charge in [-0.25, -0.2) is 9.79 Å². The van der Waals surface area contributed by atoms with Crippen LogP contribution in [-0.2, 0) is 4.79 Å². The molecule has 1 heterocycles. The van der Waals surface area contributed by atoms with Gasteiger partial charge in [0.25, 0.3) is 0 Å². The first-order valence-corrected chi connectivity index (χ1v) is 5.87. The van der Waals surface area contributed by atoms with Crippen molar-refractivity contribution in [3.63, 3.8) is 0 Å². The highest BCUT2D eigenvalue weighted by Crippen LogP contribution is 2.30.